The van der Waals surface area contributed by atoms with E-state index in [1.165, 1.54) is 0 Å². The molecule has 0 aromatic carbocycles. The van der Waals surface area contributed by atoms with Crippen molar-refractivity contribution in [2.24, 2.45) is 0 Å². The molecule has 0 aliphatic carbocycles. The molecule has 1 rings (SSSR count). The number of rotatable bonds is 2. The summed E-state index contributed by atoms with van der Waals surface area (Å²) >= 11 is 0. The van der Waals surface area contributed by atoms with Crippen LogP contribution in [0.4, 0.5) is 0 Å². The molecule has 3 heteroatoms. The zero-order valence-corrected chi connectivity index (χ0v) is 10.2. The minimum atomic E-state index is -1.34. The fourth-order valence-corrected chi connectivity index (χ4v) is 3.87. The second-order valence-corrected chi connectivity index (χ2v) is 10.9. The Balaban J connectivity index is 2.60. The molecule has 0 aromatic rings. The van der Waals surface area contributed by atoms with E-state index in [0.29, 0.717) is 17.2 Å². The van der Waals surface area contributed by atoms with Crippen LogP contribution in [0.5, 0.6) is 0 Å². The number of ether oxygens (including phenoxy) is 1. The standard InChI is InChI=1S/C10H19NOSi/c1-10(2,3)13(4,5)9-8(12-9)6-7-11/h8-9H,6H2,1-5H3/t8-,9-/m1/s1. The van der Waals surface area contributed by atoms with Crippen LogP contribution in [0.25, 0.3) is 0 Å². The third-order valence-electron chi connectivity index (χ3n) is 3.52. The van der Waals surface area contributed by atoms with Gasteiger partial charge in [0.2, 0.25) is 0 Å². The molecule has 0 saturated carbocycles. The predicted molar refractivity (Wildman–Crippen MR) is 56.1 cm³/mol. The lowest BCUT2D eigenvalue weighted by Gasteiger charge is -2.35. The van der Waals surface area contributed by atoms with Crippen LogP contribution in [0.15, 0.2) is 0 Å². The van der Waals surface area contributed by atoms with Gasteiger partial charge in [-0.05, 0) is 5.04 Å². The molecule has 0 spiro atoms. The maximum atomic E-state index is 8.55. The second kappa shape index (κ2) is 3.11. The van der Waals surface area contributed by atoms with Crippen molar-refractivity contribution in [3.63, 3.8) is 0 Å². The van der Waals surface area contributed by atoms with Crippen molar-refractivity contribution in [3.05, 3.63) is 0 Å². The normalized spacial score (nSPS) is 28.3. The van der Waals surface area contributed by atoms with Gasteiger partial charge >= 0.3 is 0 Å². The van der Waals surface area contributed by atoms with Gasteiger partial charge in [-0.1, -0.05) is 33.9 Å². The van der Waals surface area contributed by atoms with E-state index in [2.05, 4.69) is 39.9 Å². The number of nitrogens with zero attached hydrogens (tertiary/aromatic N) is 1. The summed E-state index contributed by atoms with van der Waals surface area (Å²) in [6.07, 6.45) is 0.808. The highest BCUT2D eigenvalue weighted by Gasteiger charge is 2.55. The Morgan fingerprint density at radius 2 is 1.92 bits per heavy atom. The number of epoxide rings is 1. The number of hydrogen-bond donors (Lipinski definition) is 0. The Kier molecular flexibility index (Phi) is 2.57. The van der Waals surface area contributed by atoms with Crippen molar-refractivity contribution in [2.45, 2.75) is 57.2 Å². The van der Waals surface area contributed by atoms with Crippen molar-refractivity contribution in [1.29, 1.82) is 5.26 Å². The first-order valence-electron chi connectivity index (χ1n) is 4.83. The molecule has 1 aliphatic heterocycles. The molecule has 1 fully saturated rings. The van der Waals surface area contributed by atoms with Crippen molar-refractivity contribution in [2.75, 3.05) is 0 Å². The highest BCUT2D eigenvalue weighted by atomic mass is 28.3. The van der Waals surface area contributed by atoms with Crippen LogP contribution >= 0.6 is 0 Å². The van der Waals surface area contributed by atoms with E-state index in [0.717, 1.165) is 0 Å². The lowest BCUT2D eigenvalue weighted by Crippen LogP contribution is -2.44. The van der Waals surface area contributed by atoms with Gasteiger partial charge in [-0.25, -0.2) is 0 Å². The topological polar surface area (TPSA) is 36.3 Å². The molecule has 74 valence electrons. The summed E-state index contributed by atoms with van der Waals surface area (Å²) in [5, 5.41) is 8.91. The fourth-order valence-electron chi connectivity index (χ4n) is 1.45. The van der Waals surface area contributed by atoms with Gasteiger partial charge in [-0.15, -0.1) is 0 Å². The summed E-state index contributed by atoms with van der Waals surface area (Å²) in [4.78, 5) is 0. The van der Waals surface area contributed by atoms with Gasteiger partial charge < -0.3 is 4.74 Å². The van der Waals surface area contributed by atoms with E-state index < -0.39 is 8.07 Å². The Morgan fingerprint density at radius 3 is 2.31 bits per heavy atom. The Morgan fingerprint density at radius 1 is 1.38 bits per heavy atom. The van der Waals surface area contributed by atoms with Crippen LogP contribution in [-0.2, 0) is 4.74 Å². The summed E-state index contributed by atoms with van der Waals surface area (Å²) in [6, 6.07) is 2.18. The Bertz CT molecular complexity index is 236. The second-order valence-electron chi connectivity index (χ2n) is 5.43. The average molecular weight is 197 g/mol. The van der Waals surface area contributed by atoms with Crippen molar-refractivity contribution >= 4 is 8.07 Å². The molecule has 0 unspecified atom stereocenters. The highest BCUT2D eigenvalue weighted by Crippen LogP contribution is 2.46. The van der Waals surface area contributed by atoms with E-state index in [1.807, 2.05) is 0 Å². The van der Waals surface area contributed by atoms with Crippen molar-refractivity contribution < 1.29 is 4.74 Å². The van der Waals surface area contributed by atoms with Crippen LogP contribution in [0.1, 0.15) is 27.2 Å². The molecular formula is C10H19NOSi. The molecule has 2 atom stereocenters. The number of hydrogen-bond acceptors (Lipinski definition) is 2. The van der Waals surface area contributed by atoms with Gasteiger partial charge in [-0.2, -0.15) is 5.26 Å². The van der Waals surface area contributed by atoms with Crippen LogP contribution in [0, 0.1) is 11.3 Å². The molecular weight excluding hydrogens is 178 g/mol. The fraction of sp³-hybridized carbons (Fsp3) is 0.900. The van der Waals surface area contributed by atoms with E-state index in [-0.39, 0.29) is 6.10 Å². The van der Waals surface area contributed by atoms with Crippen molar-refractivity contribution in [1.82, 2.24) is 0 Å². The molecule has 1 saturated heterocycles. The highest BCUT2D eigenvalue weighted by molar-refractivity contribution is 6.82. The SMILES string of the molecule is CC(C)(C)[Si](C)(C)[C@H]1O[C@@H]1CC#N. The maximum absolute atomic E-state index is 8.55. The maximum Gasteiger partial charge on any atom is 0.0937 e. The van der Waals surface area contributed by atoms with Gasteiger partial charge in [0.1, 0.15) is 0 Å². The molecule has 2 nitrogen and oxygen atoms in total. The minimum absolute atomic E-state index is 0.242. The molecule has 1 heterocycles. The Labute approximate surface area is 81.9 Å². The predicted octanol–water partition coefficient (Wildman–Crippen LogP) is 2.72. The lowest BCUT2D eigenvalue weighted by atomic mass is 10.2. The van der Waals surface area contributed by atoms with E-state index in [4.69, 9.17) is 10.00 Å². The molecule has 0 bridgehead atoms. The van der Waals surface area contributed by atoms with E-state index in [1.54, 1.807) is 0 Å². The van der Waals surface area contributed by atoms with E-state index in [9.17, 15) is 0 Å². The van der Waals surface area contributed by atoms with Gasteiger partial charge in [-0.3, -0.25) is 0 Å². The zero-order valence-electron chi connectivity index (χ0n) is 9.22. The van der Waals surface area contributed by atoms with Crippen LogP contribution in [0.2, 0.25) is 18.1 Å². The molecule has 0 radical (unpaired) electrons. The molecule has 0 N–H and O–H groups in total. The average Bonchev–Trinajstić information content (AvgIpc) is 2.66. The summed E-state index contributed by atoms with van der Waals surface area (Å²) in [5.74, 6) is 0. The first-order valence-corrected chi connectivity index (χ1v) is 7.91. The summed E-state index contributed by atoms with van der Waals surface area (Å²) < 4.78 is 5.59. The van der Waals surface area contributed by atoms with E-state index >= 15 is 0 Å². The van der Waals surface area contributed by atoms with Crippen molar-refractivity contribution in [3.8, 4) is 6.07 Å². The molecule has 0 aromatic heterocycles. The van der Waals surface area contributed by atoms with Gasteiger partial charge in [0.05, 0.1) is 32.4 Å². The largest absolute Gasteiger partial charge is 0.372 e. The van der Waals surface area contributed by atoms with Gasteiger partial charge in [0.15, 0.2) is 0 Å². The zero-order chi connectivity index (χ0) is 10.3. The summed E-state index contributed by atoms with van der Waals surface area (Å²) in [7, 11) is -1.34. The van der Waals surface area contributed by atoms with Gasteiger partial charge in [0.25, 0.3) is 0 Å². The minimum Gasteiger partial charge on any atom is -0.372 e. The number of nitriles is 1. The molecule has 0 amide bonds. The van der Waals surface area contributed by atoms with Crippen LogP contribution in [-0.4, -0.2) is 19.9 Å². The van der Waals surface area contributed by atoms with Gasteiger partial charge in [0, 0.05) is 0 Å². The first-order chi connectivity index (χ1) is 5.80. The summed E-state index contributed by atoms with van der Waals surface area (Å²) in [5.41, 5.74) is 0.409. The Hall–Kier alpha value is -0.333. The third-order valence-corrected chi connectivity index (χ3v) is 9.32. The quantitative estimate of drug-likeness (QED) is 0.504. The van der Waals surface area contributed by atoms with Crippen LogP contribution < -0.4 is 0 Å². The molecule has 13 heavy (non-hydrogen) atoms. The van der Waals surface area contributed by atoms with Crippen LogP contribution in [0.3, 0.4) is 0 Å². The third kappa shape index (κ3) is 1.95. The smallest absolute Gasteiger partial charge is 0.0937 e. The summed E-state index contributed by atoms with van der Waals surface area (Å²) in [6.45, 7) is 11.6. The first kappa shape index (κ1) is 10.7. The monoisotopic (exact) mass is 197 g/mol. The molecule has 1 aliphatic rings. The lowest BCUT2D eigenvalue weighted by molar-refractivity contribution is 0.394.